The molecule has 1 N–H and O–H groups in total. The van der Waals surface area contributed by atoms with E-state index in [0.717, 1.165) is 18.3 Å². The predicted molar refractivity (Wildman–Crippen MR) is 89.3 cm³/mol. The molecule has 0 aliphatic rings. The predicted octanol–water partition coefficient (Wildman–Crippen LogP) is 3.08. The molecule has 1 unspecified atom stereocenters. The molecule has 0 bridgehead atoms. The number of anilines is 1. The smallest absolute Gasteiger partial charge is 0.258 e. The Morgan fingerprint density at radius 1 is 1.41 bits per heavy atom. The monoisotopic (exact) mass is 305 g/mol. The van der Waals surface area contributed by atoms with Gasteiger partial charge in [0.05, 0.1) is 11.6 Å². The van der Waals surface area contributed by atoms with Crippen molar-refractivity contribution in [2.24, 2.45) is 0 Å². The second kappa shape index (κ2) is 8.51. The molecule has 1 heterocycles. The average molecular weight is 305 g/mol. The molecule has 0 spiro atoms. The lowest BCUT2D eigenvalue weighted by molar-refractivity contribution is -0.111. The van der Waals surface area contributed by atoms with Gasteiger partial charge in [-0.2, -0.15) is 0 Å². The third-order valence-electron chi connectivity index (χ3n) is 3.74. The molecule has 22 heavy (non-hydrogen) atoms. The van der Waals surface area contributed by atoms with Crippen LogP contribution in [0.1, 0.15) is 62.4 Å². The molecule has 1 rings (SSSR count). The highest BCUT2D eigenvalue weighted by Crippen LogP contribution is 2.22. The number of carbonyl (C=O) groups is 2. The Balaban J connectivity index is 3.26. The number of hydrogen-bond acceptors (Lipinski definition) is 4. The van der Waals surface area contributed by atoms with Crippen LogP contribution in [0.2, 0.25) is 0 Å². The zero-order chi connectivity index (χ0) is 16.7. The Kier molecular flexibility index (Phi) is 7.02. The standard InChI is InChI=1S/C17H27N3O2/c1-6-8-20(14(7-2)11-21)17(22)15-9-13(12(3)4)10-19-16(15)18-5/h9-12,14H,6-8H2,1-5H3,(H,18,19). The second-order valence-electron chi connectivity index (χ2n) is 5.68. The third kappa shape index (κ3) is 4.06. The Labute approximate surface area is 133 Å². The minimum Gasteiger partial charge on any atom is -0.372 e. The van der Waals surface area contributed by atoms with Crippen molar-refractivity contribution < 1.29 is 9.59 Å². The van der Waals surface area contributed by atoms with Crippen LogP contribution in [-0.4, -0.2) is 41.7 Å². The third-order valence-corrected chi connectivity index (χ3v) is 3.74. The molecule has 0 aliphatic heterocycles. The summed E-state index contributed by atoms with van der Waals surface area (Å²) in [6.45, 7) is 8.60. The minimum absolute atomic E-state index is 0.139. The lowest BCUT2D eigenvalue weighted by Crippen LogP contribution is -2.42. The maximum atomic E-state index is 12.9. The summed E-state index contributed by atoms with van der Waals surface area (Å²) >= 11 is 0. The Hall–Kier alpha value is -1.91. The lowest BCUT2D eigenvalue weighted by Gasteiger charge is -2.28. The first-order chi connectivity index (χ1) is 10.5. The van der Waals surface area contributed by atoms with Crippen LogP contribution in [0.5, 0.6) is 0 Å². The SMILES string of the molecule is CCCN(C(=O)c1cc(C(C)C)cnc1NC)C(C=O)CC. The summed E-state index contributed by atoms with van der Waals surface area (Å²) in [7, 11) is 1.75. The summed E-state index contributed by atoms with van der Waals surface area (Å²) < 4.78 is 0. The number of carbonyl (C=O) groups excluding carboxylic acids is 2. The molecule has 0 aliphatic carbocycles. The molecule has 0 fully saturated rings. The average Bonchev–Trinajstić information content (AvgIpc) is 2.53. The van der Waals surface area contributed by atoms with Crippen LogP contribution >= 0.6 is 0 Å². The molecule has 1 aromatic rings. The van der Waals surface area contributed by atoms with Gasteiger partial charge >= 0.3 is 0 Å². The highest BCUT2D eigenvalue weighted by molar-refractivity contribution is 6.00. The van der Waals surface area contributed by atoms with Crippen molar-refractivity contribution in [2.75, 3.05) is 18.9 Å². The van der Waals surface area contributed by atoms with E-state index in [9.17, 15) is 9.59 Å². The van der Waals surface area contributed by atoms with Gasteiger partial charge in [0, 0.05) is 19.8 Å². The van der Waals surface area contributed by atoms with Gasteiger partial charge in [0.15, 0.2) is 0 Å². The van der Waals surface area contributed by atoms with Crippen LogP contribution in [0, 0.1) is 0 Å². The van der Waals surface area contributed by atoms with E-state index in [1.54, 1.807) is 18.1 Å². The zero-order valence-electron chi connectivity index (χ0n) is 14.2. The van der Waals surface area contributed by atoms with E-state index in [2.05, 4.69) is 24.1 Å². The first-order valence-corrected chi connectivity index (χ1v) is 7.93. The summed E-state index contributed by atoms with van der Waals surface area (Å²) in [6, 6.07) is 1.49. The van der Waals surface area contributed by atoms with Gasteiger partial charge in [0.1, 0.15) is 12.1 Å². The summed E-state index contributed by atoms with van der Waals surface area (Å²) in [5, 5.41) is 2.97. The summed E-state index contributed by atoms with van der Waals surface area (Å²) in [4.78, 5) is 30.2. The number of amides is 1. The first kappa shape index (κ1) is 18.1. The van der Waals surface area contributed by atoms with Crippen molar-refractivity contribution in [3.05, 3.63) is 23.4 Å². The van der Waals surface area contributed by atoms with Gasteiger partial charge in [-0.1, -0.05) is 27.7 Å². The van der Waals surface area contributed by atoms with E-state index in [0.29, 0.717) is 24.3 Å². The lowest BCUT2D eigenvalue weighted by atomic mass is 10.0. The molecule has 0 saturated carbocycles. The van der Waals surface area contributed by atoms with Gasteiger partial charge in [-0.3, -0.25) is 4.79 Å². The fraction of sp³-hybridized carbons (Fsp3) is 0.588. The molecule has 1 atom stereocenters. The van der Waals surface area contributed by atoms with Crippen molar-refractivity contribution in [3.63, 3.8) is 0 Å². The highest BCUT2D eigenvalue weighted by atomic mass is 16.2. The molecule has 0 aromatic carbocycles. The molecule has 5 nitrogen and oxygen atoms in total. The Morgan fingerprint density at radius 3 is 2.55 bits per heavy atom. The first-order valence-electron chi connectivity index (χ1n) is 7.93. The fourth-order valence-corrected chi connectivity index (χ4v) is 2.36. The van der Waals surface area contributed by atoms with Crippen molar-refractivity contribution >= 4 is 18.0 Å². The molecule has 1 amide bonds. The number of nitrogens with one attached hydrogen (secondary N) is 1. The van der Waals surface area contributed by atoms with Gasteiger partial charge in [-0.15, -0.1) is 0 Å². The van der Waals surface area contributed by atoms with Crippen LogP contribution in [0.3, 0.4) is 0 Å². The van der Waals surface area contributed by atoms with Crippen LogP contribution < -0.4 is 5.32 Å². The molecular weight excluding hydrogens is 278 g/mol. The maximum Gasteiger partial charge on any atom is 0.258 e. The number of aldehydes is 1. The van der Waals surface area contributed by atoms with Gasteiger partial charge in [-0.05, 0) is 30.4 Å². The normalized spacial score (nSPS) is 12.1. The van der Waals surface area contributed by atoms with Gasteiger partial charge in [0.25, 0.3) is 5.91 Å². The summed E-state index contributed by atoms with van der Waals surface area (Å²) in [5.41, 5.74) is 1.54. The van der Waals surface area contributed by atoms with Crippen LogP contribution in [0.4, 0.5) is 5.82 Å². The molecule has 0 saturated heterocycles. The van der Waals surface area contributed by atoms with Crippen molar-refractivity contribution in [1.82, 2.24) is 9.88 Å². The van der Waals surface area contributed by atoms with Crippen molar-refractivity contribution in [3.8, 4) is 0 Å². The fourth-order valence-electron chi connectivity index (χ4n) is 2.36. The maximum absolute atomic E-state index is 12.9. The van der Waals surface area contributed by atoms with Crippen molar-refractivity contribution in [1.29, 1.82) is 0 Å². The van der Waals surface area contributed by atoms with Crippen molar-refractivity contribution in [2.45, 2.75) is 52.5 Å². The molecular formula is C17H27N3O2. The Morgan fingerprint density at radius 2 is 2.09 bits per heavy atom. The van der Waals surface area contributed by atoms with E-state index in [-0.39, 0.29) is 17.9 Å². The number of rotatable bonds is 8. The topological polar surface area (TPSA) is 62.3 Å². The summed E-state index contributed by atoms with van der Waals surface area (Å²) in [6.07, 6.45) is 4.06. The van der Waals surface area contributed by atoms with E-state index < -0.39 is 0 Å². The van der Waals surface area contributed by atoms with Crippen LogP contribution in [-0.2, 0) is 4.79 Å². The van der Waals surface area contributed by atoms with Gasteiger partial charge in [-0.25, -0.2) is 4.98 Å². The molecule has 122 valence electrons. The minimum atomic E-state index is -0.389. The quantitative estimate of drug-likeness (QED) is 0.750. The molecule has 0 radical (unpaired) electrons. The van der Waals surface area contributed by atoms with E-state index in [1.165, 1.54) is 0 Å². The highest BCUT2D eigenvalue weighted by Gasteiger charge is 2.25. The van der Waals surface area contributed by atoms with E-state index >= 15 is 0 Å². The number of pyridine rings is 1. The Bertz CT molecular complexity index is 515. The zero-order valence-corrected chi connectivity index (χ0v) is 14.2. The van der Waals surface area contributed by atoms with Gasteiger partial charge < -0.3 is 15.0 Å². The molecule has 5 heteroatoms. The van der Waals surface area contributed by atoms with E-state index in [4.69, 9.17) is 0 Å². The van der Waals surface area contributed by atoms with Crippen LogP contribution in [0.15, 0.2) is 12.3 Å². The van der Waals surface area contributed by atoms with E-state index in [1.807, 2.05) is 19.9 Å². The summed E-state index contributed by atoms with van der Waals surface area (Å²) in [5.74, 6) is 0.703. The number of hydrogen-bond donors (Lipinski definition) is 1. The van der Waals surface area contributed by atoms with Crippen LogP contribution in [0.25, 0.3) is 0 Å². The second-order valence-corrected chi connectivity index (χ2v) is 5.68. The number of aromatic nitrogens is 1. The number of nitrogens with zero attached hydrogens (tertiary/aromatic N) is 2. The largest absolute Gasteiger partial charge is 0.372 e. The van der Waals surface area contributed by atoms with Gasteiger partial charge in [0.2, 0.25) is 0 Å². The molecule has 1 aromatic heterocycles.